The van der Waals surface area contributed by atoms with Crippen molar-refractivity contribution in [1.82, 2.24) is 14.9 Å². The number of halogens is 3. The Morgan fingerprint density at radius 1 is 1.29 bits per heavy atom. The van der Waals surface area contributed by atoms with Gasteiger partial charge in [-0.1, -0.05) is 0 Å². The second-order valence-corrected chi connectivity index (χ2v) is 6.95. The van der Waals surface area contributed by atoms with Crippen LogP contribution in [0.1, 0.15) is 36.0 Å². The molecule has 152 valence electrons. The number of hydrogen-bond donors (Lipinski definition) is 2. The molecule has 0 radical (unpaired) electrons. The second-order valence-electron chi connectivity index (χ2n) is 6.95. The molecular weight excluding hydrogens is 379 g/mol. The zero-order valence-corrected chi connectivity index (χ0v) is 15.1. The SMILES string of the molecule is CN1C2CCC1CC(OC(=O)c1c[nH]c3ncccc13)C2.O=C(O)C(F)(F)F. The Morgan fingerprint density at radius 3 is 2.46 bits per heavy atom. The summed E-state index contributed by atoms with van der Waals surface area (Å²) in [6, 6.07) is 4.88. The Morgan fingerprint density at radius 2 is 1.89 bits per heavy atom. The first-order valence-corrected chi connectivity index (χ1v) is 8.82. The summed E-state index contributed by atoms with van der Waals surface area (Å²) in [4.78, 5) is 31.0. The Hall–Kier alpha value is -2.62. The van der Waals surface area contributed by atoms with E-state index in [1.165, 1.54) is 12.8 Å². The molecule has 4 heterocycles. The molecule has 0 saturated carbocycles. The third kappa shape index (κ3) is 4.27. The third-order valence-corrected chi connectivity index (χ3v) is 5.24. The van der Waals surface area contributed by atoms with E-state index >= 15 is 0 Å². The summed E-state index contributed by atoms with van der Waals surface area (Å²) in [7, 11) is 2.19. The molecule has 4 rings (SSSR count). The highest BCUT2D eigenvalue weighted by Crippen LogP contribution is 2.35. The van der Waals surface area contributed by atoms with Crippen LogP contribution in [-0.4, -0.2) is 63.3 Å². The third-order valence-electron chi connectivity index (χ3n) is 5.24. The van der Waals surface area contributed by atoms with E-state index in [2.05, 4.69) is 21.9 Å². The fourth-order valence-electron chi connectivity index (χ4n) is 3.80. The van der Waals surface area contributed by atoms with Gasteiger partial charge in [0.2, 0.25) is 0 Å². The molecule has 2 aromatic rings. The molecule has 0 amide bonds. The first kappa shape index (κ1) is 20.1. The van der Waals surface area contributed by atoms with Gasteiger partial charge in [-0.15, -0.1) is 0 Å². The van der Waals surface area contributed by atoms with Gasteiger partial charge in [0, 0.05) is 42.7 Å². The maximum absolute atomic E-state index is 12.4. The van der Waals surface area contributed by atoms with Crippen molar-refractivity contribution in [1.29, 1.82) is 0 Å². The molecule has 2 atom stereocenters. The summed E-state index contributed by atoms with van der Waals surface area (Å²) in [5.74, 6) is -2.99. The molecule has 7 nitrogen and oxygen atoms in total. The van der Waals surface area contributed by atoms with E-state index in [4.69, 9.17) is 14.6 Å². The normalized spacial score (nSPS) is 24.5. The minimum atomic E-state index is -5.08. The maximum Gasteiger partial charge on any atom is 0.490 e. The first-order chi connectivity index (χ1) is 13.2. The molecule has 0 spiro atoms. The van der Waals surface area contributed by atoms with Gasteiger partial charge < -0.3 is 19.7 Å². The van der Waals surface area contributed by atoms with E-state index in [-0.39, 0.29) is 12.1 Å². The van der Waals surface area contributed by atoms with Crippen molar-refractivity contribution in [3.8, 4) is 0 Å². The lowest BCUT2D eigenvalue weighted by Gasteiger charge is -2.35. The Bertz CT molecular complexity index is 853. The van der Waals surface area contributed by atoms with E-state index in [9.17, 15) is 18.0 Å². The van der Waals surface area contributed by atoms with Crippen molar-refractivity contribution in [2.75, 3.05) is 7.05 Å². The number of carbonyl (C=O) groups excluding carboxylic acids is 1. The molecule has 2 saturated heterocycles. The Balaban J connectivity index is 0.000000279. The van der Waals surface area contributed by atoms with Crippen LogP contribution >= 0.6 is 0 Å². The number of carbonyl (C=O) groups is 2. The van der Waals surface area contributed by atoms with Crippen molar-refractivity contribution in [3.63, 3.8) is 0 Å². The summed E-state index contributed by atoms with van der Waals surface area (Å²) >= 11 is 0. The molecule has 2 aliphatic rings. The zero-order valence-electron chi connectivity index (χ0n) is 15.1. The molecule has 0 aromatic carbocycles. The number of pyridine rings is 1. The summed E-state index contributed by atoms with van der Waals surface area (Å²) in [6.07, 6.45) is 2.75. The predicted octanol–water partition coefficient (Wildman–Crippen LogP) is 2.98. The standard InChI is InChI=1S/C16H19N3O2.C2HF3O2/c1-19-10-4-5-11(19)8-12(7-10)21-16(20)14-9-18-15-13(14)3-2-6-17-15;3-2(4,5)1(6)7/h2-3,6,9-12H,4-5,7-8H2,1H3,(H,17,18);(H,6,7). The number of aliphatic carboxylic acids is 1. The number of fused-ring (bicyclic) bond motifs is 3. The highest BCUT2D eigenvalue weighted by molar-refractivity contribution is 6.03. The smallest absolute Gasteiger partial charge is 0.475 e. The van der Waals surface area contributed by atoms with Crippen molar-refractivity contribution in [2.45, 2.75) is 50.0 Å². The lowest BCUT2D eigenvalue weighted by Crippen LogP contribution is -2.43. The molecule has 2 N–H and O–H groups in total. The molecule has 2 bridgehead atoms. The number of H-pyrrole nitrogens is 1. The summed E-state index contributed by atoms with van der Waals surface area (Å²) in [5, 5.41) is 7.96. The molecule has 2 fully saturated rings. The monoisotopic (exact) mass is 399 g/mol. The number of hydrogen-bond acceptors (Lipinski definition) is 5. The number of nitrogens with zero attached hydrogens (tertiary/aromatic N) is 2. The van der Waals surface area contributed by atoms with Crippen LogP contribution in [-0.2, 0) is 9.53 Å². The number of aromatic amines is 1. The number of ether oxygens (including phenoxy) is 1. The van der Waals surface area contributed by atoms with Crippen LogP contribution in [0.15, 0.2) is 24.5 Å². The molecule has 10 heteroatoms. The molecule has 28 heavy (non-hydrogen) atoms. The highest BCUT2D eigenvalue weighted by Gasteiger charge is 2.40. The molecule has 2 unspecified atom stereocenters. The van der Waals surface area contributed by atoms with E-state index in [1.54, 1.807) is 12.4 Å². The van der Waals surface area contributed by atoms with E-state index < -0.39 is 12.1 Å². The first-order valence-electron chi connectivity index (χ1n) is 8.82. The number of carboxylic acid groups (broad SMARTS) is 1. The molecule has 0 aliphatic carbocycles. The van der Waals surface area contributed by atoms with Gasteiger partial charge >= 0.3 is 18.1 Å². The van der Waals surface area contributed by atoms with Gasteiger partial charge in [-0.3, -0.25) is 0 Å². The van der Waals surface area contributed by atoms with Gasteiger partial charge in [0.05, 0.1) is 5.56 Å². The van der Waals surface area contributed by atoms with Gasteiger partial charge in [-0.2, -0.15) is 13.2 Å². The predicted molar refractivity (Wildman–Crippen MR) is 92.8 cm³/mol. The Labute approximate surface area is 158 Å². The van der Waals surface area contributed by atoms with Crippen LogP contribution in [0.3, 0.4) is 0 Å². The molecule has 2 aromatic heterocycles. The second kappa shape index (κ2) is 7.78. The van der Waals surface area contributed by atoms with Crippen molar-refractivity contribution >= 4 is 23.0 Å². The van der Waals surface area contributed by atoms with Crippen molar-refractivity contribution < 1.29 is 32.6 Å². The Kier molecular flexibility index (Phi) is 5.59. The van der Waals surface area contributed by atoms with Crippen LogP contribution in [0.4, 0.5) is 13.2 Å². The van der Waals surface area contributed by atoms with Crippen LogP contribution in [0, 0.1) is 0 Å². The van der Waals surface area contributed by atoms with Gasteiger partial charge in [0.25, 0.3) is 0 Å². The summed E-state index contributed by atoms with van der Waals surface area (Å²) in [5.41, 5.74) is 1.32. The van der Waals surface area contributed by atoms with Gasteiger partial charge in [0.15, 0.2) is 0 Å². The zero-order chi connectivity index (χ0) is 20.5. The number of aromatic nitrogens is 2. The molecule has 2 aliphatic heterocycles. The van der Waals surface area contributed by atoms with Crippen LogP contribution in [0.2, 0.25) is 0 Å². The average molecular weight is 399 g/mol. The number of rotatable bonds is 2. The molecular formula is C18H20F3N3O4. The van der Waals surface area contributed by atoms with E-state index in [0.717, 1.165) is 23.9 Å². The highest BCUT2D eigenvalue weighted by atomic mass is 19.4. The minimum Gasteiger partial charge on any atom is -0.475 e. The average Bonchev–Trinajstić information content (AvgIpc) is 3.12. The topological polar surface area (TPSA) is 95.5 Å². The van der Waals surface area contributed by atoms with Crippen molar-refractivity contribution in [3.05, 3.63) is 30.1 Å². The van der Waals surface area contributed by atoms with E-state index in [0.29, 0.717) is 17.6 Å². The van der Waals surface area contributed by atoms with Crippen molar-refractivity contribution in [2.24, 2.45) is 0 Å². The number of carboxylic acids is 1. The summed E-state index contributed by atoms with van der Waals surface area (Å²) < 4.78 is 37.5. The van der Waals surface area contributed by atoms with Crippen LogP contribution in [0.5, 0.6) is 0 Å². The fourth-order valence-corrected chi connectivity index (χ4v) is 3.80. The number of piperidine rings is 1. The largest absolute Gasteiger partial charge is 0.490 e. The maximum atomic E-state index is 12.4. The number of alkyl halides is 3. The number of nitrogens with one attached hydrogen (secondary N) is 1. The van der Waals surface area contributed by atoms with Gasteiger partial charge in [-0.05, 0) is 32.0 Å². The van der Waals surface area contributed by atoms with Gasteiger partial charge in [-0.25, -0.2) is 14.6 Å². The quantitative estimate of drug-likeness (QED) is 0.754. The fraction of sp³-hybridized carbons (Fsp3) is 0.500. The minimum absolute atomic E-state index is 0.0489. The van der Waals surface area contributed by atoms with Gasteiger partial charge in [0.1, 0.15) is 11.8 Å². The number of esters is 1. The van der Waals surface area contributed by atoms with Crippen LogP contribution in [0.25, 0.3) is 11.0 Å². The lowest BCUT2D eigenvalue weighted by atomic mass is 10.0. The summed E-state index contributed by atoms with van der Waals surface area (Å²) in [6.45, 7) is 0. The van der Waals surface area contributed by atoms with Crippen LogP contribution < -0.4 is 0 Å². The van der Waals surface area contributed by atoms with E-state index in [1.807, 2.05) is 12.1 Å². The lowest BCUT2D eigenvalue weighted by molar-refractivity contribution is -0.192.